The maximum atomic E-state index is 12.4. The molecule has 142 valence electrons. The highest BCUT2D eigenvalue weighted by atomic mass is 16.3. The molecule has 27 heavy (non-hydrogen) atoms. The molecule has 1 saturated carbocycles. The van der Waals surface area contributed by atoms with Crippen LogP contribution in [0, 0.1) is 11.8 Å². The molecule has 0 saturated heterocycles. The third-order valence-electron chi connectivity index (χ3n) is 5.08. The van der Waals surface area contributed by atoms with Gasteiger partial charge < -0.3 is 15.7 Å². The van der Waals surface area contributed by atoms with E-state index in [0.29, 0.717) is 23.6 Å². The lowest BCUT2D eigenvalue weighted by molar-refractivity contribution is -0.117. The maximum Gasteiger partial charge on any atom is 0.251 e. The zero-order chi connectivity index (χ0) is 19.4. The minimum absolute atomic E-state index is 0.0392. The van der Waals surface area contributed by atoms with Gasteiger partial charge in [0.15, 0.2) is 0 Å². The standard InChI is InChI=1S/C22H26N2O3/c1-14-12-19(14)22(27)24-18-10-8-17(9-11-18)21(26)23-15(2)20(25)13-16-6-4-3-5-7-16/h3-11,14-15,19-20,25H,12-13H2,1-2H3,(H,23,26)(H,24,27). The summed E-state index contributed by atoms with van der Waals surface area (Å²) in [5, 5.41) is 16.0. The summed E-state index contributed by atoms with van der Waals surface area (Å²) in [6, 6.07) is 16.1. The average molecular weight is 366 g/mol. The highest BCUT2D eigenvalue weighted by Crippen LogP contribution is 2.38. The number of aliphatic hydroxyl groups is 1. The Labute approximate surface area is 159 Å². The molecule has 0 aliphatic heterocycles. The first-order chi connectivity index (χ1) is 12.9. The molecule has 4 unspecified atom stereocenters. The summed E-state index contributed by atoms with van der Waals surface area (Å²) in [6.45, 7) is 3.85. The Bertz CT molecular complexity index is 789. The van der Waals surface area contributed by atoms with Gasteiger partial charge in [-0.15, -0.1) is 0 Å². The third kappa shape index (κ3) is 5.17. The summed E-state index contributed by atoms with van der Waals surface area (Å²) < 4.78 is 0. The molecule has 2 aromatic carbocycles. The summed E-state index contributed by atoms with van der Waals surface area (Å²) in [5.41, 5.74) is 2.20. The highest BCUT2D eigenvalue weighted by Gasteiger charge is 2.39. The first-order valence-corrected chi connectivity index (χ1v) is 9.38. The van der Waals surface area contributed by atoms with E-state index in [4.69, 9.17) is 0 Å². The van der Waals surface area contributed by atoms with Crippen molar-refractivity contribution < 1.29 is 14.7 Å². The molecule has 2 aromatic rings. The van der Waals surface area contributed by atoms with E-state index in [9.17, 15) is 14.7 Å². The molecule has 5 nitrogen and oxygen atoms in total. The highest BCUT2D eigenvalue weighted by molar-refractivity contribution is 5.97. The van der Waals surface area contributed by atoms with Crippen LogP contribution in [0.1, 0.15) is 36.2 Å². The number of hydrogen-bond donors (Lipinski definition) is 3. The molecule has 5 heteroatoms. The molecule has 0 bridgehead atoms. The third-order valence-corrected chi connectivity index (χ3v) is 5.08. The number of aliphatic hydroxyl groups excluding tert-OH is 1. The van der Waals surface area contributed by atoms with Gasteiger partial charge in [-0.05, 0) is 49.1 Å². The van der Waals surface area contributed by atoms with Gasteiger partial charge in [0, 0.05) is 23.6 Å². The van der Waals surface area contributed by atoms with Crippen LogP contribution in [0.2, 0.25) is 0 Å². The molecule has 0 aromatic heterocycles. The second-order valence-electron chi connectivity index (χ2n) is 7.41. The summed E-state index contributed by atoms with van der Waals surface area (Å²) in [5.74, 6) is 0.361. The number of carbonyl (C=O) groups excluding carboxylic acids is 2. The number of rotatable bonds is 7. The molecular weight excluding hydrogens is 340 g/mol. The van der Waals surface area contributed by atoms with Crippen LogP contribution in [0.5, 0.6) is 0 Å². The van der Waals surface area contributed by atoms with Crippen molar-refractivity contribution in [2.75, 3.05) is 5.32 Å². The number of anilines is 1. The fourth-order valence-electron chi connectivity index (χ4n) is 3.05. The van der Waals surface area contributed by atoms with Gasteiger partial charge in [-0.2, -0.15) is 0 Å². The Morgan fingerprint density at radius 1 is 1.11 bits per heavy atom. The molecule has 0 spiro atoms. The SMILES string of the molecule is CC1CC1C(=O)Nc1ccc(C(=O)NC(C)C(O)Cc2ccccc2)cc1. The number of carbonyl (C=O) groups is 2. The van der Waals surface area contributed by atoms with Gasteiger partial charge in [0.2, 0.25) is 5.91 Å². The first-order valence-electron chi connectivity index (χ1n) is 9.38. The van der Waals surface area contributed by atoms with Crippen molar-refractivity contribution in [3.05, 3.63) is 65.7 Å². The number of benzene rings is 2. The molecule has 4 atom stereocenters. The van der Waals surface area contributed by atoms with Gasteiger partial charge in [0.1, 0.15) is 0 Å². The van der Waals surface area contributed by atoms with E-state index in [0.717, 1.165) is 12.0 Å². The minimum atomic E-state index is -0.671. The molecule has 2 amide bonds. The molecule has 0 heterocycles. The van der Waals surface area contributed by atoms with Gasteiger partial charge in [0.05, 0.1) is 12.1 Å². The predicted molar refractivity (Wildman–Crippen MR) is 105 cm³/mol. The minimum Gasteiger partial charge on any atom is -0.391 e. The first kappa shape index (κ1) is 19.1. The van der Waals surface area contributed by atoms with Gasteiger partial charge in [0.25, 0.3) is 5.91 Å². The second kappa shape index (κ2) is 8.35. The number of amides is 2. The average Bonchev–Trinajstić information content (AvgIpc) is 3.40. The summed E-state index contributed by atoms with van der Waals surface area (Å²) in [7, 11) is 0. The monoisotopic (exact) mass is 366 g/mol. The summed E-state index contributed by atoms with van der Waals surface area (Å²) in [6.07, 6.45) is 0.748. The van der Waals surface area contributed by atoms with Crippen molar-refractivity contribution in [3.63, 3.8) is 0 Å². The van der Waals surface area contributed by atoms with Crippen molar-refractivity contribution in [1.82, 2.24) is 5.32 Å². The van der Waals surface area contributed by atoms with Crippen LogP contribution in [0.15, 0.2) is 54.6 Å². The Morgan fingerprint density at radius 3 is 2.33 bits per heavy atom. The fourth-order valence-corrected chi connectivity index (χ4v) is 3.05. The van der Waals surface area contributed by atoms with Crippen LogP contribution in [0.4, 0.5) is 5.69 Å². The van der Waals surface area contributed by atoms with E-state index < -0.39 is 6.10 Å². The van der Waals surface area contributed by atoms with Crippen LogP contribution < -0.4 is 10.6 Å². The van der Waals surface area contributed by atoms with Gasteiger partial charge in [-0.1, -0.05) is 37.3 Å². The van der Waals surface area contributed by atoms with Crippen LogP contribution in [0.25, 0.3) is 0 Å². The fraction of sp³-hybridized carbons (Fsp3) is 0.364. The van der Waals surface area contributed by atoms with Crippen molar-refractivity contribution in [3.8, 4) is 0 Å². The van der Waals surface area contributed by atoms with Crippen molar-refractivity contribution in [2.45, 2.75) is 38.8 Å². The molecular formula is C22H26N2O3. The van der Waals surface area contributed by atoms with E-state index in [-0.39, 0.29) is 23.8 Å². The van der Waals surface area contributed by atoms with E-state index in [1.54, 1.807) is 31.2 Å². The largest absolute Gasteiger partial charge is 0.391 e. The van der Waals surface area contributed by atoms with Gasteiger partial charge in [-0.3, -0.25) is 9.59 Å². The van der Waals surface area contributed by atoms with Crippen LogP contribution in [-0.2, 0) is 11.2 Å². The van der Waals surface area contributed by atoms with E-state index in [1.165, 1.54) is 0 Å². The molecule has 1 fully saturated rings. The van der Waals surface area contributed by atoms with Gasteiger partial charge in [-0.25, -0.2) is 0 Å². The molecule has 0 radical (unpaired) electrons. The lowest BCUT2D eigenvalue weighted by atomic mass is 10.0. The number of hydrogen-bond acceptors (Lipinski definition) is 3. The molecule has 1 aliphatic rings. The van der Waals surface area contributed by atoms with Gasteiger partial charge >= 0.3 is 0 Å². The second-order valence-corrected chi connectivity index (χ2v) is 7.41. The van der Waals surface area contributed by atoms with E-state index in [1.807, 2.05) is 30.3 Å². The van der Waals surface area contributed by atoms with Crippen LogP contribution in [-0.4, -0.2) is 29.1 Å². The smallest absolute Gasteiger partial charge is 0.251 e. The molecule has 3 rings (SSSR count). The zero-order valence-electron chi connectivity index (χ0n) is 15.7. The Kier molecular flexibility index (Phi) is 5.91. The molecule has 1 aliphatic carbocycles. The quantitative estimate of drug-likeness (QED) is 0.705. The Hall–Kier alpha value is -2.66. The lowest BCUT2D eigenvalue weighted by Crippen LogP contribution is -2.42. The number of nitrogens with one attached hydrogen (secondary N) is 2. The van der Waals surface area contributed by atoms with Crippen molar-refractivity contribution >= 4 is 17.5 Å². The lowest BCUT2D eigenvalue weighted by Gasteiger charge is -2.20. The van der Waals surface area contributed by atoms with Crippen LogP contribution in [0.3, 0.4) is 0 Å². The van der Waals surface area contributed by atoms with E-state index >= 15 is 0 Å². The maximum absolute atomic E-state index is 12.4. The van der Waals surface area contributed by atoms with Crippen molar-refractivity contribution in [2.24, 2.45) is 11.8 Å². The summed E-state index contributed by atoms with van der Waals surface area (Å²) in [4.78, 5) is 24.4. The topological polar surface area (TPSA) is 78.4 Å². The van der Waals surface area contributed by atoms with Crippen molar-refractivity contribution in [1.29, 1.82) is 0 Å². The van der Waals surface area contributed by atoms with E-state index in [2.05, 4.69) is 17.6 Å². The zero-order valence-corrected chi connectivity index (χ0v) is 15.7. The summed E-state index contributed by atoms with van der Waals surface area (Å²) >= 11 is 0. The van der Waals surface area contributed by atoms with Crippen LogP contribution >= 0.6 is 0 Å². The Balaban J connectivity index is 1.51. The normalized spacial score (nSPS) is 20.4. The Morgan fingerprint density at radius 2 is 1.74 bits per heavy atom. The molecule has 3 N–H and O–H groups in total. The predicted octanol–water partition coefficient (Wildman–Crippen LogP) is 3.00.